The molecule has 28 heavy (non-hydrogen) atoms. The minimum Gasteiger partial charge on any atom is -0.497 e. The maximum Gasteiger partial charge on any atom is 0.413 e. The number of methoxy groups -OCH3 is 1. The maximum absolute atomic E-state index is 12.2. The van der Waals surface area contributed by atoms with Crippen molar-refractivity contribution < 1.29 is 24.1 Å². The van der Waals surface area contributed by atoms with Gasteiger partial charge in [-0.2, -0.15) is 4.98 Å². The van der Waals surface area contributed by atoms with Crippen LogP contribution in [0.4, 0.5) is 10.6 Å². The van der Waals surface area contributed by atoms with E-state index in [0.717, 1.165) is 5.56 Å². The number of aliphatic hydroxyl groups is 1. The summed E-state index contributed by atoms with van der Waals surface area (Å²) in [6.07, 6.45) is 0.227. The van der Waals surface area contributed by atoms with Gasteiger partial charge >= 0.3 is 11.8 Å². The number of hydrogen-bond acceptors (Lipinski definition) is 7. The molecule has 2 N–H and O–H groups in total. The molecule has 0 saturated carbocycles. The fourth-order valence-electron chi connectivity index (χ4n) is 2.97. The fraction of sp³-hybridized carbons (Fsp3) is 0.421. The largest absolute Gasteiger partial charge is 0.497 e. The van der Waals surface area contributed by atoms with Crippen molar-refractivity contribution in [3.05, 3.63) is 52.6 Å². The molecule has 0 bridgehead atoms. The first-order valence-corrected chi connectivity index (χ1v) is 8.99. The van der Waals surface area contributed by atoms with Gasteiger partial charge in [-0.15, -0.1) is 0 Å². The number of aromatic nitrogens is 2. The summed E-state index contributed by atoms with van der Waals surface area (Å²) in [5.74, 6) is 0.786. The Morgan fingerprint density at radius 1 is 1.36 bits per heavy atom. The number of ether oxygens (including phenoxy) is 3. The van der Waals surface area contributed by atoms with Crippen LogP contribution in [0.1, 0.15) is 31.6 Å². The molecule has 9 nitrogen and oxygen atoms in total. The van der Waals surface area contributed by atoms with Gasteiger partial charge in [0, 0.05) is 12.6 Å². The Hall–Kier alpha value is -2.91. The minimum atomic E-state index is -0.723. The van der Waals surface area contributed by atoms with Crippen LogP contribution < -0.4 is 15.7 Å². The molecule has 0 spiro atoms. The van der Waals surface area contributed by atoms with E-state index in [-0.39, 0.29) is 18.5 Å². The molecule has 150 valence electrons. The van der Waals surface area contributed by atoms with Crippen LogP contribution >= 0.6 is 0 Å². The van der Waals surface area contributed by atoms with Crippen molar-refractivity contribution in [1.82, 2.24) is 9.55 Å². The minimum absolute atomic E-state index is 0.0686. The molecule has 1 saturated heterocycles. The van der Waals surface area contributed by atoms with Gasteiger partial charge in [-0.1, -0.05) is 19.1 Å². The van der Waals surface area contributed by atoms with Crippen LogP contribution in [0.25, 0.3) is 0 Å². The van der Waals surface area contributed by atoms with Crippen LogP contribution in [0.3, 0.4) is 0 Å². The first-order chi connectivity index (χ1) is 13.5. The fourth-order valence-corrected chi connectivity index (χ4v) is 2.97. The summed E-state index contributed by atoms with van der Waals surface area (Å²) in [5.41, 5.74) is 0.212. The van der Waals surface area contributed by atoms with Crippen LogP contribution in [0.15, 0.2) is 41.3 Å². The van der Waals surface area contributed by atoms with E-state index in [1.807, 2.05) is 6.92 Å². The van der Waals surface area contributed by atoms with Crippen molar-refractivity contribution in [2.75, 3.05) is 12.4 Å². The molecule has 1 aliphatic rings. The number of benzene rings is 1. The second-order valence-corrected chi connectivity index (χ2v) is 6.39. The van der Waals surface area contributed by atoms with Gasteiger partial charge in [-0.25, -0.2) is 9.59 Å². The van der Waals surface area contributed by atoms with E-state index in [1.54, 1.807) is 31.4 Å². The zero-order valence-corrected chi connectivity index (χ0v) is 15.7. The average molecular weight is 389 g/mol. The molecule has 0 aliphatic carbocycles. The predicted octanol–water partition coefficient (Wildman–Crippen LogP) is 2.06. The van der Waals surface area contributed by atoms with Gasteiger partial charge in [0.15, 0.2) is 0 Å². The molecule has 3 rings (SSSR count). The number of anilines is 1. The molecule has 1 unspecified atom stereocenters. The van der Waals surface area contributed by atoms with Gasteiger partial charge in [0.05, 0.1) is 19.3 Å². The van der Waals surface area contributed by atoms with Gasteiger partial charge < -0.3 is 19.3 Å². The lowest BCUT2D eigenvalue weighted by Crippen LogP contribution is -2.28. The Morgan fingerprint density at radius 3 is 2.71 bits per heavy atom. The number of nitrogens with one attached hydrogen (secondary N) is 1. The highest BCUT2D eigenvalue weighted by atomic mass is 16.5. The molecule has 3 atom stereocenters. The van der Waals surface area contributed by atoms with Crippen molar-refractivity contribution >= 4 is 11.9 Å². The van der Waals surface area contributed by atoms with Crippen LogP contribution in [0.2, 0.25) is 0 Å². The molecule has 2 aromatic rings. The topological polar surface area (TPSA) is 112 Å². The molecular formula is C19H23N3O6. The summed E-state index contributed by atoms with van der Waals surface area (Å²) in [7, 11) is 1.57. The van der Waals surface area contributed by atoms with Crippen molar-refractivity contribution in [3.63, 3.8) is 0 Å². The van der Waals surface area contributed by atoms with Crippen molar-refractivity contribution in [3.8, 4) is 5.75 Å². The quantitative estimate of drug-likeness (QED) is 0.778. The Labute approximate surface area is 161 Å². The molecule has 1 aliphatic heterocycles. The summed E-state index contributed by atoms with van der Waals surface area (Å²) in [5, 5.41) is 12.3. The Balaban J connectivity index is 1.56. The maximum atomic E-state index is 12.2. The van der Waals surface area contributed by atoms with Gasteiger partial charge in [-0.3, -0.25) is 9.88 Å². The SMILES string of the molecule is CC[C@H]1O[C@@H](n2ccc(NC(=O)OCc3ccc(OC)cc3)nc2=O)CC1O. The third-order valence-electron chi connectivity index (χ3n) is 4.51. The van der Waals surface area contributed by atoms with Gasteiger partial charge in [-0.05, 0) is 30.2 Å². The normalized spacial score (nSPS) is 21.3. The van der Waals surface area contributed by atoms with E-state index in [1.165, 1.54) is 16.8 Å². The van der Waals surface area contributed by atoms with Crippen molar-refractivity contribution in [1.29, 1.82) is 0 Å². The Bertz CT molecular complexity index is 867. The third kappa shape index (κ3) is 4.68. The highest BCUT2D eigenvalue weighted by Gasteiger charge is 2.34. The molecule has 2 heterocycles. The molecule has 1 aromatic carbocycles. The zero-order chi connectivity index (χ0) is 20.1. The number of nitrogens with zero attached hydrogens (tertiary/aromatic N) is 2. The first kappa shape index (κ1) is 19.8. The average Bonchev–Trinajstić information content (AvgIpc) is 3.07. The molecule has 1 aromatic heterocycles. The van der Waals surface area contributed by atoms with E-state index in [4.69, 9.17) is 14.2 Å². The summed E-state index contributed by atoms with van der Waals surface area (Å²) in [6.45, 7) is 1.97. The number of aliphatic hydroxyl groups excluding tert-OH is 1. The van der Waals surface area contributed by atoms with Crippen molar-refractivity contribution in [2.45, 2.75) is 44.8 Å². The predicted molar refractivity (Wildman–Crippen MR) is 100 cm³/mol. The lowest BCUT2D eigenvalue weighted by molar-refractivity contribution is -0.0216. The standard InChI is InChI=1S/C19H23N3O6/c1-3-15-14(23)10-17(28-15)22-9-8-16(20-18(22)24)21-19(25)27-11-12-4-6-13(26-2)7-5-12/h4-9,14-15,17,23H,3,10-11H2,1-2H3,(H,20,21,24,25)/t14?,15-,17-/m1/s1. The lowest BCUT2D eigenvalue weighted by atomic mass is 10.1. The highest BCUT2D eigenvalue weighted by molar-refractivity contribution is 5.83. The summed E-state index contributed by atoms with van der Waals surface area (Å²) in [4.78, 5) is 28.0. The number of amides is 1. The van der Waals surface area contributed by atoms with Crippen LogP contribution in [0, 0.1) is 0 Å². The smallest absolute Gasteiger partial charge is 0.413 e. The summed E-state index contributed by atoms with van der Waals surface area (Å²) >= 11 is 0. The second-order valence-electron chi connectivity index (χ2n) is 6.39. The number of carbonyl (C=O) groups is 1. The Morgan fingerprint density at radius 2 is 2.11 bits per heavy atom. The Kier molecular flexibility index (Phi) is 6.27. The van der Waals surface area contributed by atoms with Gasteiger partial charge in [0.2, 0.25) is 0 Å². The van der Waals surface area contributed by atoms with Crippen LogP contribution in [-0.4, -0.2) is 40.1 Å². The highest BCUT2D eigenvalue weighted by Crippen LogP contribution is 2.29. The summed E-state index contributed by atoms with van der Waals surface area (Å²) in [6, 6.07) is 8.58. The van der Waals surface area contributed by atoms with Crippen LogP contribution in [-0.2, 0) is 16.1 Å². The molecule has 1 amide bonds. The zero-order valence-electron chi connectivity index (χ0n) is 15.7. The summed E-state index contributed by atoms with van der Waals surface area (Å²) < 4.78 is 17.2. The number of hydrogen-bond donors (Lipinski definition) is 2. The van der Waals surface area contributed by atoms with E-state index in [0.29, 0.717) is 18.6 Å². The molecule has 0 radical (unpaired) electrons. The monoisotopic (exact) mass is 389 g/mol. The van der Waals surface area contributed by atoms with Crippen molar-refractivity contribution in [2.24, 2.45) is 0 Å². The van der Waals surface area contributed by atoms with E-state index in [9.17, 15) is 14.7 Å². The second kappa shape index (κ2) is 8.85. The number of rotatable bonds is 6. The van der Waals surface area contributed by atoms with Gasteiger partial charge in [0.1, 0.15) is 24.4 Å². The molecular weight excluding hydrogens is 366 g/mol. The van der Waals surface area contributed by atoms with Gasteiger partial charge in [0.25, 0.3) is 0 Å². The van der Waals surface area contributed by atoms with E-state index < -0.39 is 24.1 Å². The third-order valence-corrected chi connectivity index (χ3v) is 4.51. The van der Waals surface area contributed by atoms with E-state index in [2.05, 4.69) is 10.3 Å². The first-order valence-electron chi connectivity index (χ1n) is 8.99. The van der Waals surface area contributed by atoms with Crippen LogP contribution in [0.5, 0.6) is 5.75 Å². The lowest BCUT2D eigenvalue weighted by Gasteiger charge is -2.15. The molecule has 1 fully saturated rings. The molecule has 9 heteroatoms. The van der Waals surface area contributed by atoms with E-state index >= 15 is 0 Å². The number of carbonyl (C=O) groups excluding carboxylic acids is 1.